The van der Waals surface area contributed by atoms with Crippen LogP contribution in [0.1, 0.15) is 45.7 Å². The van der Waals surface area contributed by atoms with Crippen LogP contribution in [-0.2, 0) is 10.4 Å². The van der Waals surface area contributed by atoms with Gasteiger partial charge in [-0.3, -0.25) is 9.69 Å². The third kappa shape index (κ3) is 4.78. The van der Waals surface area contributed by atoms with Gasteiger partial charge in [0.05, 0.1) is 12.7 Å². The molecule has 1 atom stereocenters. The minimum atomic E-state index is -1.02. The normalized spacial score (nSPS) is 23.5. The number of likely N-dealkylation sites (tertiary alicyclic amines) is 1. The largest absolute Gasteiger partial charge is 0.382 e. The number of rotatable bonds is 5. The van der Waals surface area contributed by atoms with E-state index in [1.807, 2.05) is 4.90 Å². The van der Waals surface area contributed by atoms with Crippen LogP contribution in [0.2, 0.25) is 0 Å². The molecule has 0 bridgehead atoms. The van der Waals surface area contributed by atoms with E-state index in [9.17, 15) is 9.90 Å². The fraction of sp³-hybridized carbons (Fsp3) is 0.800. The number of carbonyl (C=O) groups excluding carboxylic acids is 1. The Hall–Kier alpha value is -1.47. The molecule has 0 saturated carbocycles. The molecule has 1 aliphatic rings. The topological polar surface area (TPSA) is 94.1 Å². The maximum atomic E-state index is 12.0. The van der Waals surface area contributed by atoms with Gasteiger partial charge in [-0.25, -0.2) is 0 Å². The second-order valence-corrected chi connectivity index (χ2v) is 7.36. The Morgan fingerprint density at radius 2 is 2.32 bits per heavy atom. The van der Waals surface area contributed by atoms with Crippen LogP contribution in [0.25, 0.3) is 0 Å². The van der Waals surface area contributed by atoms with E-state index in [4.69, 9.17) is 0 Å². The van der Waals surface area contributed by atoms with Crippen molar-refractivity contribution < 1.29 is 9.90 Å². The molecule has 2 heterocycles. The molecule has 1 aliphatic heterocycles. The minimum absolute atomic E-state index is 0.00801. The fourth-order valence-electron chi connectivity index (χ4n) is 2.73. The van der Waals surface area contributed by atoms with Crippen molar-refractivity contribution in [3.8, 4) is 0 Å². The van der Waals surface area contributed by atoms with E-state index < -0.39 is 5.60 Å². The SMILES string of the molecule is CC(C)(C)CCNC(=O)CN1CCC[C@](O)(c2cn[nH]n2)C1. The summed E-state index contributed by atoms with van der Waals surface area (Å²) in [4.78, 5) is 14.0. The van der Waals surface area contributed by atoms with Crippen molar-refractivity contribution in [2.75, 3.05) is 26.2 Å². The maximum Gasteiger partial charge on any atom is 0.234 e. The highest BCUT2D eigenvalue weighted by atomic mass is 16.3. The first-order chi connectivity index (χ1) is 10.3. The van der Waals surface area contributed by atoms with Gasteiger partial charge in [0.2, 0.25) is 5.91 Å². The van der Waals surface area contributed by atoms with Gasteiger partial charge in [0.1, 0.15) is 11.3 Å². The maximum absolute atomic E-state index is 12.0. The standard InChI is InChI=1S/C15H27N5O2/c1-14(2,3)6-7-16-13(21)10-20-8-4-5-15(22,11-20)12-9-17-19-18-12/h9,22H,4-8,10-11H2,1-3H3,(H,16,21)(H,17,18,19)/t15-/m1/s1. The molecule has 3 N–H and O–H groups in total. The van der Waals surface area contributed by atoms with Crippen molar-refractivity contribution in [1.29, 1.82) is 0 Å². The third-order valence-electron chi connectivity index (χ3n) is 4.01. The zero-order valence-corrected chi connectivity index (χ0v) is 13.7. The van der Waals surface area contributed by atoms with Crippen LogP contribution < -0.4 is 5.32 Å². The van der Waals surface area contributed by atoms with Gasteiger partial charge in [0.25, 0.3) is 0 Å². The molecular weight excluding hydrogens is 282 g/mol. The summed E-state index contributed by atoms with van der Waals surface area (Å²) < 4.78 is 0. The molecule has 7 nitrogen and oxygen atoms in total. The number of aromatic nitrogens is 3. The highest BCUT2D eigenvalue weighted by Gasteiger charge is 2.37. The molecule has 1 aromatic heterocycles. The lowest BCUT2D eigenvalue weighted by Crippen LogP contribution is -2.49. The number of hydrogen-bond donors (Lipinski definition) is 3. The van der Waals surface area contributed by atoms with Gasteiger partial charge in [0, 0.05) is 13.1 Å². The number of nitrogens with zero attached hydrogens (tertiary/aromatic N) is 3. The molecule has 7 heteroatoms. The number of β-amino-alcohol motifs (C(OH)–C–C–N with tert-alkyl or cyclic N) is 1. The Morgan fingerprint density at radius 1 is 1.55 bits per heavy atom. The highest BCUT2D eigenvalue weighted by Crippen LogP contribution is 2.29. The van der Waals surface area contributed by atoms with Gasteiger partial charge in [-0.1, -0.05) is 20.8 Å². The second kappa shape index (κ2) is 6.75. The molecule has 0 aliphatic carbocycles. The first-order valence-electron chi connectivity index (χ1n) is 7.86. The molecule has 22 heavy (non-hydrogen) atoms. The Kier molecular flexibility index (Phi) is 5.18. The second-order valence-electron chi connectivity index (χ2n) is 7.36. The molecule has 1 fully saturated rings. The summed E-state index contributed by atoms with van der Waals surface area (Å²) in [5, 5.41) is 23.9. The van der Waals surface area contributed by atoms with E-state index >= 15 is 0 Å². The number of H-pyrrole nitrogens is 1. The van der Waals surface area contributed by atoms with Crippen LogP contribution in [0.5, 0.6) is 0 Å². The summed E-state index contributed by atoms with van der Waals surface area (Å²) in [6.45, 7) is 8.68. The predicted octanol–water partition coefficient (Wildman–Crippen LogP) is 0.640. The van der Waals surface area contributed by atoms with Gasteiger partial charge in [-0.15, -0.1) is 0 Å². The van der Waals surface area contributed by atoms with Gasteiger partial charge in [-0.2, -0.15) is 15.4 Å². The molecule has 1 saturated heterocycles. The number of aromatic amines is 1. The van der Waals surface area contributed by atoms with Gasteiger partial charge >= 0.3 is 0 Å². The lowest BCUT2D eigenvalue weighted by molar-refractivity contribution is -0.124. The molecule has 1 amide bonds. The number of aliphatic hydroxyl groups is 1. The van der Waals surface area contributed by atoms with Gasteiger partial charge in [-0.05, 0) is 31.2 Å². The van der Waals surface area contributed by atoms with Crippen molar-refractivity contribution in [2.45, 2.75) is 45.6 Å². The quantitative estimate of drug-likeness (QED) is 0.742. The van der Waals surface area contributed by atoms with E-state index in [2.05, 4.69) is 41.5 Å². The van der Waals surface area contributed by atoms with E-state index in [-0.39, 0.29) is 11.3 Å². The first kappa shape index (κ1) is 16.9. The van der Waals surface area contributed by atoms with Crippen molar-refractivity contribution in [3.05, 3.63) is 11.9 Å². The predicted molar refractivity (Wildman–Crippen MR) is 83.0 cm³/mol. The van der Waals surface area contributed by atoms with Crippen molar-refractivity contribution in [3.63, 3.8) is 0 Å². The van der Waals surface area contributed by atoms with Crippen LogP contribution in [-0.4, -0.2) is 57.5 Å². The summed E-state index contributed by atoms with van der Waals surface area (Å²) in [6, 6.07) is 0. The van der Waals surface area contributed by atoms with Crippen LogP contribution in [0, 0.1) is 5.41 Å². The highest BCUT2D eigenvalue weighted by molar-refractivity contribution is 5.78. The van der Waals surface area contributed by atoms with Crippen LogP contribution in [0.4, 0.5) is 0 Å². The lowest BCUT2D eigenvalue weighted by atomic mass is 9.90. The van der Waals surface area contributed by atoms with Crippen molar-refractivity contribution in [1.82, 2.24) is 25.6 Å². The van der Waals surface area contributed by atoms with Crippen LogP contribution >= 0.6 is 0 Å². The molecule has 0 unspecified atom stereocenters. The van der Waals surface area contributed by atoms with Crippen LogP contribution in [0.3, 0.4) is 0 Å². The zero-order valence-electron chi connectivity index (χ0n) is 13.7. The lowest BCUT2D eigenvalue weighted by Gasteiger charge is -2.37. The van der Waals surface area contributed by atoms with Gasteiger partial charge < -0.3 is 10.4 Å². The molecular formula is C15H27N5O2. The van der Waals surface area contributed by atoms with E-state index in [1.54, 1.807) is 6.20 Å². The van der Waals surface area contributed by atoms with E-state index in [0.717, 1.165) is 19.4 Å². The molecule has 0 radical (unpaired) electrons. The Balaban J connectivity index is 1.82. The third-order valence-corrected chi connectivity index (χ3v) is 4.01. The first-order valence-corrected chi connectivity index (χ1v) is 7.86. The molecule has 1 aromatic rings. The minimum Gasteiger partial charge on any atom is -0.382 e. The Labute approximate surface area is 131 Å². The van der Waals surface area contributed by atoms with E-state index in [1.165, 1.54) is 0 Å². The van der Waals surface area contributed by atoms with Crippen LogP contribution in [0.15, 0.2) is 6.20 Å². The number of nitrogens with one attached hydrogen (secondary N) is 2. The zero-order chi connectivity index (χ0) is 16.2. The monoisotopic (exact) mass is 309 g/mol. The summed E-state index contributed by atoms with van der Waals surface area (Å²) in [5.74, 6) is 0.00801. The average molecular weight is 309 g/mol. The Morgan fingerprint density at radius 3 is 2.95 bits per heavy atom. The summed E-state index contributed by atoms with van der Waals surface area (Å²) in [6.07, 6.45) is 3.97. The number of amides is 1. The fourth-order valence-corrected chi connectivity index (χ4v) is 2.73. The smallest absolute Gasteiger partial charge is 0.234 e. The summed E-state index contributed by atoms with van der Waals surface area (Å²) >= 11 is 0. The van der Waals surface area contributed by atoms with Gasteiger partial charge in [0.15, 0.2) is 0 Å². The van der Waals surface area contributed by atoms with Crippen molar-refractivity contribution in [2.24, 2.45) is 5.41 Å². The number of carbonyl (C=O) groups is 1. The summed E-state index contributed by atoms with van der Waals surface area (Å²) in [5.41, 5.74) is -0.256. The van der Waals surface area contributed by atoms with E-state index in [0.29, 0.717) is 31.7 Å². The van der Waals surface area contributed by atoms with Crippen molar-refractivity contribution >= 4 is 5.91 Å². The Bertz CT molecular complexity index is 483. The molecule has 124 valence electrons. The number of hydrogen-bond acceptors (Lipinski definition) is 5. The molecule has 0 aromatic carbocycles. The molecule has 2 rings (SSSR count). The average Bonchev–Trinajstić information content (AvgIpc) is 2.91. The number of piperidine rings is 1. The molecule has 0 spiro atoms. The summed E-state index contributed by atoms with van der Waals surface area (Å²) in [7, 11) is 0.